The highest BCUT2D eigenvalue weighted by molar-refractivity contribution is 8.00. The second kappa shape index (κ2) is 12.0. The number of benzene rings is 4. The summed E-state index contributed by atoms with van der Waals surface area (Å²) in [6.45, 7) is 2.37. The number of anilines is 2. The number of amides is 2. The molecule has 5 nitrogen and oxygen atoms in total. The molecule has 1 unspecified atom stereocenters. The molecule has 0 aliphatic carbocycles. The first-order valence-corrected chi connectivity index (χ1v) is 12.3. The molecule has 7 heteroatoms. The molecule has 0 saturated carbocycles. The van der Waals surface area contributed by atoms with Crippen LogP contribution < -0.4 is 15.4 Å². The summed E-state index contributed by atoms with van der Waals surface area (Å²) in [6.07, 6.45) is 0. The third-order valence-corrected chi connectivity index (χ3v) is 6.50. The lowest BCUT2D eigenvalue weighted by Crippen LogP contribution is -2.19. The molecule has 4 aromatic carbocycles. The first-order chi connectivity index (χ1) is 17.5. The third kappa shape index (κ3) is 6.31. The van der Waals surface area contributed by atoms with Gasteiger partial charge in [0.2, 0.25) is 5.91 Å². The first-order valence-electron chi connectivity index (χ1n) is 11.5. The van der Waals surface area contributed by atoms with E-state index < -0.39 is 17.0 Å². The number of carbonyl (C=O) groups is 2. The maximum absolute atomic E-state index is 14.0. The van der Waals surface area contributed by atoms with Gasteiger partial charge in [-0.15, -0.1) is 11.8 Å². The third-order valence-electron chi connectivity index (χ3n) is 5.25. The number of ether oxygens (including phenoxy) is 1. The number of carbonyl (C=O) groups excluding carboxylic acids is 2. The zero-order chi connectivity index (χ0) is 25.3. The van der Waals surface area contributed by atoms with Crippen LogP contribution in [-0.2, 0) is 4.79 Å². The van der Waals surface area contributed by atoms with Crippen molar-refractivity contribution in [3.8, 4) is 5.75 Å². The van der Waals surface area contributed by atoms with Crippen LogP contribution in [0.3, 0.4) is 0 Å². The van der Waals surface area contributed by atoms with Gasteiger partial charge in [-0.2, -0.15) is 0 Å². The molecule has 182 valence electrons. The topological polar surface area (TPSA) is 67.4 Å². The fourth-order valence-corrected chi connectivity index (χ4v) is 4.66. The molecule has 0 fully saturated rings. The Morgan fingerprint density at radius 2 is 1.58 bits per heavy atom. The van der Waals surface area contributed by atoms with Gasteiger partial charge in [-0.25, -0.2) is 4.39 Å². The summed E-state index contributed by atoms with van der Waals surface area (Å²) >= 11 is 1.35. The smallest absolute Gasteiger partial charge is 0.258 e. The van der Waals surface area contributed by atoms with Gasteiger partial charge in [-0.3, -0.25) is 9.59 Å². The van der Waals surface area contributed by atoms with Crippen molar-refractivity contribution in [2.24, 2.45) is 0 Å². The molecule has 0 radical (unpaired) electrons. The maximum atomic E-state index is 14.0. The zero-order valence-electron chi connectivity index (χ0n) is 19.6. The van der Waals surface area contributed by atoms with E-state index in [-0.39, 0.29) is 11.5 Å². The summed E-state index contributed by atoms with van der Waals surface area (Å²) in [5, 5.41) is 5.16. The molecule has 4 aromatic rings. The molecule has 2 N–H and O–H groups in total. The summed E-state index contributed by atoms with van der Waals surface area (Å²) in [6, 6.07) is 29.7. The van der Waals surface area contributed by atoms with Crippen LogP contribution in [0.1, 0.15) is 28.1 Å². The average molecular weight is 501 g/mol. The summed E-state index contributed by atoms with van der Waals surface area (Å²) in [5.74, 6) is -0.740. The van der Waals surface area contributed by atoms with Crippen molar-refractivity contribution in [1.82, 2.24) is 0 Å². The van der Waals surface area contributed by atoms with Gasteiger partial charge >= 0.3 is 0 Å². The molecular weight excluding hydrogens is 475 g/mol. The molecule has 0 spiro atoms. The molecule has 0 aliphatic rings. The number of thioether (sulfide) groups is 1. The Morgan fingerprint density at radius 3 is 2.36 bits per heavy atom. The Labute approximate surface area is 213 Å². The molecule has 0 aromatic heterocycles. The van der Waals surface area contributed by atoms with Gasteiger partial charge in [0.15, 0.2) is 0 Å². The second-order valence-corrected chi connectivity index (χ2v) is 8.97. The van der Waals surface area contributed by atoms with Crippen molar-refractivity contribution in [3.63, 3.8) is 0 Å². The minimum atomic E-state index is -0.589. The van der Waals surface area contributed by atoms with E-state index in [4.69, 9.17) is 4.74 Å². The minimum absolute atomic E-state index is 0.0370. The van der Waals surface area contributed by atoms with Crippen LogP contribution >= 0.6 is 11.8 Å². The fraction of sp³-hybridized carbons (Fsp3) is 0.103. The zero-order valence-corrected chi connectivity index (χ0v) is 20.4. The predicted octanol–water partition coefficient (Wildman–Crippen LogP) is 6.95. The number of rotatable bonds is 9. The predicted molar refractivity (Wildman–Crippen MR) is 142 cm³/mol. The van der Waals surface area contributed by atoms with Crippen LogP contribution in [0.5, 0.6) is 5.75 Å². The molecule has 0 heterocycles. The molecule has 36 heavy (non-hydrogen) atoms. The highest BCUT2D eigenvalue weighted by Crippen LogP contribution is 2.38. The summed E-state index contributed by atoms with van der Waals surface area (Å²) in [4.78, 5) is 26.8. The molecule has 0 aliphatic heterocycles. The second-order valence-electron chi connectivity index (χ2n) is 7.79. The number of nitrogens with one attached hydrogen (secondary N) is 2. The molecule has 1 atom stereocenters. The number of para-hydroxylation sites is 2. The lowest BCUT2D eigenvalue weighted by Gasteiger charge is -2.19. The van der Waals surface area contributed by atoms with Gasteiger partial charge in [0.25, 0.3) is 5.91 Å². The van der Waals surface area contributed by atoms with E-state index in [1.54, 1.807) is 30.3 Å². The molecule has 2 amide bonds. The van der Waals surface area contributed by atoms with Crippen LogP contribution in [0.25, 0.3) is 0 Å². The van der Waals surface area contributed by atoms with Crippen LogP contribution in [-0.4, -0.2) is 18.4 Å². The van der Waals surface area contributed by atoms with E-state index >= 15 is 0 Å². The van der Waals surface area contributed by atoms with Crippen LogP contribution in [0.4, 0.5) is 15.8 Å². The van der Waals surface area contributed by atoms with Crippen molar-refractivity contribution in [2.45, 2.75) is 17.1 Å². The van der Waals surface area contributed by atoms with Crippen molar-refractivity contribution in [1.29, 1.82) is 0 Å². The van der Waals surface area contributed by atoms with Crippen molar-refractivity contribution in [3.05, 3.63) is 120 Å². The fourth-order valence-electron chi connectivity index (χ4n) is 3.58. The highest BCUT2D eigenvalue weighted by Gasteiger charge is 2.23. The Kier molecular flexibility index (Phi) is 8.36. The van der Waals surface area contributed by atoms with Crippen molar-refractivity contribution >= 4 is 35.0 Å². The van der Waals surface area contributed by atoms with Crippen LogP contribution in [0.2, 0.25) is 0 Å². The Bertz CT molecular complexity index is 1350. The summed E-state index contributed by atoms with van der Waals surface area (Å²) < 4.78 is 19.7. The van der Waals surface area contributed by atoms with Gasteiger partial charge in [-0.05, 0) is 55.0 Å². The van der Waals surface area contributed by atoms with Gasteiger partial charge in [0, 0.05) is 10.6 Å². The number of hydrogen-bond donors (Lipinski definition) is 2. The quantitative estimate of drug-likeness (QED) is 0.244. The normalized spacial score (nSPS) is 11.4. The molecular formula is C29H25FN2O3S. The Balaban J connectivity index is 1.56. The SMILES string of the molecule is CCOc1ccccc1NC(=O)C(Sc1cccc(NC(=O)c2ccccc2F)c1)c1ccccc1. The number of halogens is 1. The largest absolute Gasteiger partial charge is 0.492 e. The summed E-state index contributed by atoms with van der Waals surface area (Å²) in [7, 11) is 0. The number of hydrogen-bond acceptors (Lipinski definition) is 4. The molecule has 4 rings (SSSR count). The van der Waals surface area contributed by atoms with Gasteiger partial charge in [0.05, 0.1) is 17.9 Å². The average Bonchev–Trinajstić information content (AvgIpc) is 2.89. The highest BCUT2D eigenvalue weighted by atomic mass is 32.2. The van der Waals surface area contributed by atoms with Crippen LogP contribution in [0.15, 0.2) is 108 Å². The van der Waals surface area contributed by atoms with Gasteiger partial charge in [0.1, 0.15) is 16.8 Å². The van der Waals surface area contributed by atoms with E-state index in [9.17, 15) is 14.0 Å². The molecule has 0 bridgehead atoms. The van der Waals surface area contributed by atoms with E-state index in [1.165, 1.54) is 30.0 Å². The monoisotopic (exact) mass is 500 g/mol. The first kappa shape index (κ1) is 25.0. The maximum Gasteiger partial charge on any atom is 0.258 e. The van der Waals surface area contributed by atoms with Gasteiger partial charge < -0.3 is 15.4 Å². The van der Waals surface area contributed by atoms with E-state index in [0.29, 0.717) is 23.7 Å². The van der Waals surface area contributed by atoms with Gasteiger partial charge in [-0.1, -0.05) is 60.7 Å². The van der Waals surface area contributed by atoms with E-state index in [0.717, 1.165) is 10.5 Å². The lowest BCUT2D eigenvalue weighted by molar-refractivity contribution is -0.115. The Morgan fingerprint density at radius 1 is 0.861 bits per heavy atom. The minimum Gasteiger partial charge on any atom is -0.492 e. The van der Waals surface area contributed by atoms with E-state index in [2.05, 4.69) is 10.6 Å². The van der Waals surface area contributed by atoms with Crippen molar-refractivity contribution in [2.75, 3.05) is 17.2 Å². The lowest BCUT2D eigenvalue weighted by atomic mass is 10.1. The Hall–Kier alpha value is -4.10. The summed E-state index contributed by atoms with van der Waals surface area (Å²) in [5.41, 5.74) is 1.89. The van der Waals surface area contributed by atoms with Crippen LogP contribution in [0, 0.1) is 5.82 Å². The standard InChI is InChI=1S/C29H25FN2O3S/c1-2-35-26-18-9-8-17-25(26)32-29(34)27(20-11-4-3-5-12-20)36-22-14-10-13-21(19-22)31-28(33)23-15-6-7-16-24(23)30/h3-19,27H,2H2,1H3,(H,31,33)(H,32,34). The van der Waals surface area contributed by atoms with Crippen molar-refractivity contribution < 1.29 is 18.7 Å². The molecule has 0 saturated heterocycles. The van der Waals surface area contributed by atoms with E-state index in [1.807, 2.05) is 61.5 Å².